The fraction of sp³-hybridized carbons (Fsp3) is 0.500. The van der Waals surface area contributed by atoms with E-state index in [0.29, 0.717) is 12.6 Å². The van der Waals surface area contributed by atoms with Crippen molar-refractivity contribution in [3.8, 4) is 0 Å². The number of halogens is 2. The summed E-state index contributed by atoms with van der Waals surface area (Å²) < 4.78 is 31.6. The molecule has 0 radical (unpaired) electrons. The Morgan fingerprint density at radius 3 is 2.47 bits per heavy atom. The zero-order valence-corrected chi connectivity index (χ0v) is 9.97. The quantitative estimate of drug-likeness (QED) is 0.542. The molecule has 1 aromatic heterocycles. The van der Waals surface area contributed by atoms with Gasteiger partial charge in [0.25, 0.3) is 0 Å². The summed E-state index contributed by atoms with van der Waals surface area (Å²) in [5.74, 6) is 3.12. The lowest BCUT2D eigenvalue weighted by Crippen LogP contribution is -2.32. The van der Waals surface area contributed by atoms with E-state index in [1.54, 1.807) is 7.11 Å². The molecule has 0 aromatic carbocycles. The highest BCUT2D eigenvalue weighted by molar-refractivity contribution is 5.47. The molecule has 0 aliphatic rings. The molecule has 0 unspecified atom stereocenters. The number of pyridine rings is 1. The van der Waals surface area contributed by atoms with Gasteiger partial charge in [0, 0.05) is 19.7 Å². The molecule has 0 atom stereocenters. The van der Waals surface area contributed by atoms with Crippen molar-refractivity contribution in [1.29, 1.82) is 0 Å². The van der Waals surface area contributed by atoms with Crippen LogP contribution in [0.1, 0.15) is 13.8 Å². The van der Waals surface area contributed by atoms with E-state index in [2.05, 4.69) is 10.3 Å². The zero-order valence-electron chi connectivity index (χ0n) is 9.97. The Kier molecular flexibility index (Phi) is 4.19. The maximum Gasteiger partial charge on any atom is 0.178 e. The summed E-state index contributed by atoms with van der Waals surface area (Å²) in [6, 6.07) is 0.713. The van der Waals surface area contributed by atoms with Gasteiger partial charge in [-0.15, -0.1) is 0 Å². The largest absolute Gasteiger partial charge is 0.377 e. The number of nitrogens with two attached hydrogens (primary N) is 1. The Bertz CT molecular complexity index is 398. The van der Waals surface area contributed by atoms with Gasteiger partial charge in [-0.25, -0.2) is 19.6 Å². The van der Waals surface area contributed by atoms with Gasteiger partial charge in [0.05, 0.1) is 5.60 Å². The molecule has 1 aromatic rings. The maximum absolute atomic E-state index is 13.4. The van der Waals surface area contributed by atoms with E-state index >= 15 is 0 Å². The van der Waals surface area contributed by atoms with Gasteiger partial charge in [-0.3, -0.25) is 0 Å². The summed E-state index contributed by atoms with van der Waals surface area (Å²) in [5.41, 5.74) is 1.56. The molecule has 1 rings (SSSR count). The average Bonchev–Trinajstić information content (AvgIpc) is 2.28. The van der Waals surface area contributed by atoms with Crippen LogP contribution in [0, 0.1) is 11.6 Å². The van der Waals surface area contributed by atoms with E-state index in [1.807, 2.05) is 19.3 Å². The molecular formula is C10H16F2N4O. The van der Waals surface area contributed by atoms with Crippen LogP contribution in [0.4, 0.5) is 20.4 Å². The summed E-state index contributed by atoms with van der Waals surface area (Å²) in [7, 11) is 1.54. The number of aromatic nitrogens is 1. The number of rotatable bonds is 5. The summed E-state index contributed by atoms with van der Waals surface area (Å²) in [4.78, 5) is 3.67. The number of nitrogens with zero attached hydrogens (tertiary/aromatic N) is 1. The fourth-order valence-corrected chi connectivity index (χ4v) is 1.06. The van der Waals surface area contributed by atoms with E-state index in [9.17, 15) is 8.78 Å². The van der Waals surface area contributed by atoms with Gasteiger partial charge in [0.15, 0.2) is 23.3 Å². The molecule has 7 heteroatoms. The summed E-state index contributed by atoms with van der Waals surface area (Å²) >= 11 is 0. The van der Waals surface area contributed by atoms with Crippen LogP contribution in [0.2, 0.25) is 0 Å². The standard InChI is InChI=1S/C10H16F2N4O/c1-10(2,17-3)5-14-8-6(11)4-7(12)9(15-8)16-13/h4H,5,13H2,1-3H3,(H2,14,15,16). The normalized spacial score (nSPS) is 11.4. The van der Waals surface area contributed by atoms with Gasteiger partial charge < -0.3 is 15.5 Å². The van der Waals surface area contributed by atoms with E-state index in [-0.39, 0.29) is 11.6 Å². The Labute approximate surface area is 98.3 Å². The number of nitrogen functional groups attached to an aromatic ring is 1. The first-order valence-electron chi connectivity index (χ1n) is 5.01. The van der Waals surface area contributed by atoms with Crippen LogP contribution in [-0.4, -0.2) is 24.2 Å². The number of hydrogen-bond acceptors (Lipinski definition) is 5. The van der Waals surface area contributed by atoms with Crippen molar-refractivity contribution in [2.75, 3.05) is 24.4 Å². The van der Waals surface area contributed by atoms with Crippen LogP contribution in [0.3, 0.4) is 0 Å². The van der Waals surface area contributed by atoms with Crippen LogP contribution >= 0.6 is 0 Å². The van der Waals surface area contributed by atoms with Crippen LogP contribution in [0.15, 0.2) is 6.07 Å². The van der Waals surface area contributed by atoms with Gasteiger partial charge in [-0.05, 0) is 13.8 Å². The minimum absolute atomic E-state index is 0.0792. The molecule has 4 N–H and O–H groups in total. The third kappa shape index (κ3) is 3.50. The number of hydrazine groups is 1. The fourth-order valence-electron chi connectivity index (χ4n) is 1.06. The Hall–Kier alpha value is -1.47. The molecule has 0 aliphatic heterocycles. The third-order valence-electron chi connectivity index (χ3n) is 2.30. The highest BCUT2D eigenvalue weighted by Gasteiger charge is 2.18. The predicted octanol–water partition coefficient (Wildman–Crippen LogP) is 1.48. The molecule has 5 nitrogen and oxygen atoms in total. The summed E-state index contributed by atoms with van der Waals surface area (Å²) in [6.45, 7) is 3.97. The van der Waals surface area contributed by atoms with E-state index < -0.39 is 17.2 Å². The minimum Gasteiger partial charge on any atom is -0.377 e. The first kappa shape index (κ1) is 13.6. The maximum atomic E-state index is 13.4. The second-order valence-corrected chi connectivity index (χ2v) is 4.11. The molecule has 0 aliphatic carbocycles. The SMILES string of the molecule is COC(C)(C)CNc1nc(NN)c(F)cc1F. The van der Waals surface area contributed by atoms with Gasteiger partial charge in [-0.1, -0.05) is 0 Å². The molecule has 0 fully saturated rings. The van der Waals surface area contributed by atoms with E-state index in [4.69, 9.17) is 10.6 Å². The van der Waals surface area contributed by atoms with Crippen LogP contribution in [0.5, 0.6) is 0 Å². The van der Waals surface area contributed by atoms with Gasteiger partial charge >= 0.3 is 0 Å². The van der Waals surface area contributed by atoms with Crippen LogP contribution in [-0.2, 0) is 4.74 Å². The molecule has 0 saturated heterocycles. The predicted molar refractivity (Wildman–Crippen MR) is 61.5 cm³/mol. The van der Waals surface area contributed by atoms with E-state index in [0.717, 1.165) is 0 Å². The molecule has 96 valence electrons. The Morgan fingerprint density at radius 1 is 1.35 bits per heavy atom. The first-order valence-corrected chi connectivity index (χ1v) is 5.01. The van der Waals surface area contributed by atoms with E-state index in [1.165, 1.54) is 0 Å². The van der Waals surface area contributed by atoms with Crippen molar-refractivity contribution in [3.05, 3.63) is 17.7 Å². The van der Waals surface area contributed by atoms with Gasteiger partial charge in [0.1, 0.15) is 0 Å². The molecule has 0 bridgehead atoms. The molecule has 0 amide bonds. The topological polar surface area (TPSA) is 72.2 Å². The monoisotopic (exact) mass is 246 g/mol. The molecule has 1 heterocycles. The Morgan fingerprint density at radius 2 is 1.94 bits per heavy atom. The first-order chi connectivity index (χ1) is 7.89. The van der Waals surface area contributed by atoms with Gasteiger partial charge in [-0.2, -0.15) is 0 Å². The lowest BCUT2D eigenvalue weighted by molar-refractivity contribution is 0.0342. The molecular weight excluding hydrogens is 230 g/mol. The highest BCUT2D eigenvalue weighted by Crippen LogP contribution is 2.19. The number of ether oxygens (including phenoxy) is 1. The third-order valence-corrected chi connectivity index (χ3v) is 2.30. The van der Waals surface area contributed by atoms with Crippen molar-refractivity contribution < 1.29 is 13.5 Å². The summed E-state index contributed by atoms with van der Waals surface area (Å²) in [5, 5.41) is 2.73. The minimum atomic E-state index is -0.846. The van der Waals surface area contributed by atoms with Crippen LogP contribution in [0.25, 0.3) is 0 Å². The smallest absolute Gasteiger partial charge is 0.178 e. The molecule has 17 heavy (non-hydrogen) atoms. The van der Waals surface area contributed by atoms with Crippen LogP contribution < -0.4 is 16.6 Å². The van der Waals surface area contributed by atoms with Crippen molar-refractivity contribution in [1.82, 2.24) is 4.98 Å². The lowest BCUT2D eigenvalue weighted by atomic mass is 10.1. The second kappa shape index (κ2) is 5.24. The number of anilines is 2. The number of methoxy groups -OCH3 is 1. The number of hydrogen-bond donors (Lipinski definition) is 3. The molecule has 0 spiro atoms. The lowest BCUT2D eigenvalue weighted by Gasteiger charge is -2.23. The van der Waals surface area contributed by atoms with Gasteiger partial charge in [0.2, 0.25) is 0 Å². The second-order valence-electron chi connectivity index (χ2n) is 4.11. The molecule has 0 saturated carbocycles. The number of nitrogens with one attached hydrogen (secondary N) is 2. The Balaban J connectivity index is 2.84. The highest BCUT2D eigenvalue weighted by atomic mass is 19.1. The van der Waals surface area contributed by atoms with Crippen molar-refractivity contribution in [2.45, 2.75) is 19.4 Å². The zero-order chi connectivity index (χ0) is 13.1. The van der Waals surface area contributed by atoms with Crippen molar-refractivity contribution >= 4 is 11.6 Å². The summed E-state index contributed by atoms with van der Waals surface area (Å²) in [6.07, 6.45) is 0. The average molecular weight is 246 g/mol. The van der Waals surface area contributed by atoms with Crippen molar-refractivity contribution in [3.63, 3.8) is 0 Å². The van der Waals surface area contributed by atoms with Crippen molar-refractivity contribution in [2.24, 2.45) is 5.84 Å².